The molecule has 3 fully saturated rings. The normalized spacial score (nSPS) is 28.9. The van der Waals surface area contributed by atoms with Gasteiger partial charge in [0.15, 0.2) is 0 Å². The molecule has 0 bridgehead atoms. The molecule has 2 aromatic carbocycles. The molecule has 8 unspecified atom stereocenters. The van der Waals surface area contributed by atoms with Crippen LogP contribution in [0.4, 0.5) is 0 Å². The minimum atomic E-state index is 0.339. The van der Waals surface area contributed by atoms with Gasteiger partial charge >= 0.3 is 0 Å². The molecular formula is C62H106O4. The molecular weight excluding hydrogens is 809 g/mol. The van der Waals surface area contributed by atoms with E-state index in [1.54, 1.807) is 5.57 Å². The monoisotopic (exact) mass is 915 g/mol. The summed E-state index contributed by atoms with van der Waals surface area (Å²) in [7, 11) is 0. The standard InChI is InChI=1S/C10H14.C8H16.C8H14.C8H10.2C7H14O.2C7H12O/c1-7-5-6-8(2)10(4)9(7)3;3*1-7-3-5-8(2)6-4-7;4*1-6-3-4-7(2)8-5-6/h5-6H,1-4H3;7-8H,3-6H2,1-2H3;3,8H,4-6H2,1-2H3;3-6H,1-2H3;2*6-7H,3-5H2,1-2H3;3,7H,4-5H2,1-2H3;3-4,6-7H,5H2,1-2H3. The maximum Gasteiger partial charge on any atom is 0.0728 e. The van der Waals surface area contributed by atoms with E-state index < -0.39 is 0 Å². The molecule has 0 spiro atoms. The lowest BCUT2D eigenvalue weighted by atomic mass is 9.84. The largest absolute Gasteiger partial charge is 0.378 e. The average molecular weight is 916 g/mol. The van der Waals surface area contributed by atoms with Crippen molar-refractivity contribution in [1.82, 2.24) is 0 Å². The average Bonchev–Trinajstić information content (AvgIpc) is 3.30. The van der Waals surface area contributed by atoms with Crippen molar-refractivity contribution < 1.29 is 18.9 Å². The lowest BCUT2D eigenvalue weighted by molar-refractivity contribution is 0.000174. The summed E-state index contributed by atoms with van der Waals surface area (Å²) in [5, 5.41) is 0. The van der Waals surface area contributed by atoms with Crippen molar-refractivity contribution in [1.29, 1.82) is 0 Å². The number of rotatable bonds is 0. The second kappa shape index (κ2) is 35.6. The summed E-state index contributed by atoms with van der Waals surface area (Å²) >= 11 is 0. The van der Waals surface area contributed by atoms with E-state index in [9.17, 15) is 0 Å². The van der Waals surface area contributed by atoms with Crippen LogP contribution in [0.5, 0.6) is 0 Å². The van der Waals surface area contributed by atoms with Gasteiger partial charge < -0.3 is 18.9 Å². The van der Waals surface area contributed by atoms with E-state index in [0.717, 1.165) is 62.4 Å². The molecule has 8 rings (SSSR count). The van der Waals surface area contributed by atoms with Crippen molar-refractivity contribution in [2.24, 2.45) is 35.5 Å². The summed E-state index contributed by atoms with van der Waals surface area (Å²) < 4.78 is 21.4. The van der Waals surface area contributed by atoms with Crippen LogP contribution in [0.15, 0.2) is 71.8 Å². The van der Waals surface area contributed by atoms with E-state index >= 15 is 0 Å². The van der Waals surface area contributed by atoms with Crippen LogP contribution in [-0.2, 0) is 18.9 Å². The second-order valence-electron chi connectivity index (χ2n) is 21.9. The number of hydrogen-bond donors (Lipinski definition) is 0. The summed E-state index contributed by atoms with van der Waals surface area (Å²) in [6.07, 6.45) is 27.0. The molecule has 0 N–H and O–H groups in total. The van der Waals surface area contributed by atoms with Gasteiger partial charge in [-0.25, -0.2) is 0 Å². The van der Waals surface area contributed by atoms with Crippen molar-refractivity contribution >= 4 is 0 Å². The molecule has 4 aliphatic heterocycles. The smallest absolute Gasteiger partial charge is 0.0728 e. The fourth-order valence-corrected chi connectivity index (χ4v) is 7.81. The first kappa shape index (κ1) is 61.5. The van der Waals surface area contributed by atoms with E-state index in [-0.39, 0.29) is 0 Å². The van der Waals surface area contributed by atoms with Gasteiger partial charge in [0.25, 0.3) is 0 Å². The van der Waals surface area contributed by atoms with Crippen molar-refractivity contribution in [3.8, 4) is 0 Å². The maximum absolute atomic E-state index is 5.39. The first-order chi connectivity index (χ1) is 31.1. The highest BCUT2D eigenvalue weighted by Crippen LogP contribution is 2.27. The van der Waals surface area contributed by atoms with E-state index in [1.807, 2.05) is 0 Å². The molecule has 2 saturated heterocycles. The molecule has 2 aliphatic carbocycles. The van der Waals surface area contributed by atoms with Crippen LogP contribution in [0.3, 0.4) is 0 Å². The van der Waals surface area contributed by atoms with Gasteiger partial charge in [-0.05, 0) is 192 Å². The van der Waals surface area contributed by atoms with Gasteiger partial charge in [-0.2, -0.15) is 0 Å². The lowest BCUT2D eigenvalue weighted by Gasteiger charge is -2.23. The second-order valence-corrected chi connectivity index (χ2v) is 21.9. The Morgan fingerprint density at radius 2 is 0.818 bits per heavy atom. The third kappa shape index (κ3) is 31.5. The zero-order valence-electron chi connectivity index (χ0n) is 46.5. The third-order valence-electron chi connectivity index (χ3n) is 13.9. The predicted molar refractivity (Wildman–Crippen MR) is 290 cm³/mol. The molecule has 2 aromatic rings. The summed E-state index contributed by atoms with van der Waals surface area (Å²) in [6.45, 7) is 43.0. The van der Waals surface area contributed by atoms with Crippen LogP contribution in [-0.4, -0.2) is 50.8 Å². The van der Waals surface area contributed by atoms with Crippen molar-refractivity contribution in [3.63, 3.8) is 0 Å². The Balaban J connectivity index is 0.000000378. The molecule has 8 atom stereocenters. The Kier molecular flexibility index (Phi) is 33.2. The highest BCUT2D eigenvalue weighted by Gasteiger charge is 2.15. The van der Waals surface area contributed by atoms with Gasteiger partial charge in [-0.3, -0.25) is 0 Å². The van der Waals surface area contributed by atoms with Crippen LogP contribution in [0.1, 0.15) is 194 Å². The van der Waals surface area contributed by atoms with Gasteiger partial charge in [0.1, 0.15) is 0 Å². The molecule has 0 aromatic heterocycles. The molecule has 0 amide bonds. The van der Waals surface area contributed by atoms with Crippen LogP contribution >= 0.6 is 0 Å². The summed E-state index contributed by atoms with van der Waals surface area (Å²) in [6, 6.07) is 12.8. The van der Waals surface area contributed by atoms with Crippen molar-refractivity contribution in [3.05, 3.63) is 105 Å². The van der Waals surface area contributed by atoms with Crippen LogP contribution < -0.4 is 0 Å². The highest BCUT2D eigenvalue weighted by atomic mass is 16.5. The Labute approximate surface area is 410 Å². The third-order valence-corrected chi connectivity index (χ3v) is 13.9. The molecule has 4 nitrogen and oxygen atoms in total. The van der Waals surface area contributed by atoms with Crippen LogP contribution in [0.2, 0.25) is 0 Å². The minimum absolute atomic E-state index is 0.339. The molecule has 66 heavy (non-hydrogen) atoms. The van der Waals surface area contributed by atoms with Gasteiger partial charge in [0, 0.05) is 13.2 Å². The van der Waals surface area contributed by atoms with Gasteiger partial charge in [-0.1, -0.05) is 150 Å². The van der Waals surface area contributed by atoms with Gasteiger partial charge in [0.2, 0.25) is 0 Å². The number of allylic oxidation sites excluding steroid dienone is 2. The number of hydrogen-bond acceptors (Lipinski definition) is 4. The highest BCUT2D eigenvalue weighted by molar-refractivity contribution is 5.37. The number of aryl methyl sites for hydroxylation is 4. The van der Waals surface area contributed by atoms with Crippen LogP contribution in [0.25, 0.3) is 0 Å². The minimum Gasteiger partial charge on any atom is -0.378 e. The molecule has 0 radical (unpaired) electrons. The van der Waals surface area contributed by atoms with E-state index in [2.05, 4.69) is 185 Å². The Morgan fingerprint density at radius 1 is 0.379 bits per heavy atom. The Bertz CT molecular complexity index is 1430. The van der Waals surface area contributed by atoms with E-state index in [0.29, 0.717) is 30.3 Å². The zero-order chi connectivity index (χ0) is 49.6. The first-order valence-corrected chi connectivity index (χ1v) is 26.7. The van der Waals surface area contributed by atoms with Crippen LogP contribution in [0, 0.1) is 77.0 Å². The fraction of sp³-hybridized carbons (Fsp3) is 0.710. The van der Waals surface area contributed by atoms with Gasteiger partial charge in [-0.15, -0.1) is 0 Å². The van der Waals surface area contributed by atoms with Crippen molar-refractivity contribution in [2.75, 3.05) is 26.4 Å². The quantitative estimate of drug-likeness (QED) is 0.247. The Hall–Kier alpha value is -2.50. The summed E-state index contributed by atoms with van der Waals surface area (Å²) in [5.74, 6) is 5.19. The van der Waals surface area contributed by atoms with E-state index in [4.69, 9.17) is 18.9 Å². The SMILES string of the molecule is CC1=CCC(C)CC1.CC1=CCC(C)OC1.CC1C=CC(C)OC1.CC1CCC(C)CC1.CC1CCC(C)OC1.CC1CCC(C)OC1.Cc1ccc(C)c(C)c1C.Cc1ccc(C)cc1. The molecule has 378 valence electrons. The maximum atomic E-state index is 5.39. The first-order valence-electron chi connectivity index (χ1n) is 26.7. The number of benzene rings is 2. The van der Waals surface area contributed by atoms with E-state index in [1.165, 1.54) is 110 Å². The number of ether oxygens (including phenoxy) is 4. The lowest BCUT2D eigenvalue weighted by Crippen LogP contribution is -2.21. The zero-order valence-corrected chi connectivity index (χ0v) is 46.5. The molecule has 6 aliphatic rings. The molecule has 4 heteroatoms. The topological polar surface area (TPSA) is 36.9 Å². The summed E-state index contributed by atoms with van der Waals surface area (Å²) in [4.78, 5) is 0. The Morgan fingerprint density at radius 3 is 1.11 bits per heavy atom. The summed E-state index contributed by atoms with van der Waals surface area (Å²) in [5.41, 5.74) is 11.3. The van der Waals surface area contributed by atoms with Gasteiger partial charge in [0.05, 0.1) is 37.6 Å². The molecule has 1 saturated carbocycles. The molecule has 4 heterocycles. The van der Waals surface area contributed by atoms with Crippen molar-refractivity contribution in [2.45, 2.75) is 226 Å². The predicted octanol–water partition coefficient (Wildman–Crippen LogP) is 17.8. The fourth-order valence-electron chi connectivity index (χ4n) is 7.81.